The molecule has 0 saturated heterocycles. The number of rotatable bonds is 2. The van der Waals surface area contributed by atoms with Crippen LogP contribution in [0.4, 0.5) is 5.82 Å². The molecule has 0 bridgehead atoms. The molecule has 6 heteroatoms. The minimum atomic E-state index is -0.548. The third-order valence-electron chi connectivity index (χ3n) is 1.86. The molecule has 1 heterocycles. The Balaban J connectivity index is 3.44. The van der Waals surface area contributed by atoms with E-state index in [9.17, 15) is 14.9 Å². The first-order valence-corrected chi connectivity index (χ1v) is 3.88. The minimum Gasteiger partial charge on any atom is -0.358 e. The zero-order chi connectivity index (χ0) is 10.2. The zero-order valence-electron chi connectivity index (χ0n) is 7.70. The molecule has 0 unspecified atom stereocenters. The van der Waals surface area contributed by atoms with Crippen molar-refractivity contribution in [2.75, 3.05) is 0 Å². The van der Waals surface area contributed by atoms with Gasteiger partial charge in [-0.2, -0.15) is 4.57 Å². The number of hydrogen-bond acceptors (Lipinski definition) is 3. The summed E-state index contributed by atoms with van der Waals surface area (Å²) in [6, 6.07) is 0. The molecule has 0 saturated carbocycles. The molecule has 1 aromatic rings. The van der Waals surface area contributed by atoms with Crippen molar-refractivity contribution in [1.82, 2.24) is 9.55 Å². The molecule has 0 aromatic carbocycles. The van der Waals surface area contributed by atoms with Crippen molar-refractivity contribution >= 4 is 5.82 Å². The Hall–Kier alpha value is -1.59. The largest absolute Gasteiger partial charge is 0.413 e. The standard InChI is InChI=1S/C7H11N3O3/c1-4(2)5-6(10(12)13)9(3)7(11)8-5/h4H,1-3H3,(H,8,11). The Labute approximate surface area is 74.3 Å². The van der Waals surface area contributed by atoms with Crippen LogP contribution >= 0.6 is 0 Å². The third kappa shape index (κ3) is 1.47. The van der Waals surface area contributed by atoms with Crippen molar-refractivity contribution in [3.8, 4) is 0 Å². The number of aromatic nitrogens is 2. The molecule has 0 spiro atoms. The second-order valence-corrected chi connectivity index (χ2v) is 3.14. The van der Waals surface area contributed by atoms with Gasteiger partial charge in [0.05, 0.1) is 7.05 Å². The predicted octanol–water partition coefficient (Wildman–Crippen LogP) is 0.745. The van der Waals surface area contributed by atoms with Gasteiger partial charge in [0, 0.05) is 5.92 Å². The van der Waals surface area contributed by atoms with E-state index in [-0.39, 0.29) is 11.7 Å². The van der Waals surface area contributed by atoms with E-state index in [0.717, 1.165) is 4.57 Å². The second kappa shape index (κ2) is 3.04. The van der Waals surface area contributed by atoms with Crippen LogP contribution in [0.5, 0.6) is 0 Å². The van der Waals surface area contributed by atoms with Crippen molar-refractivity contribution < 1.29 is 4.92 Å². The molecule has 0 aliphatic rings. The maximum Gasteiger partial charge on any atom is 0.413 e. The van der Waals surface area contributed by atoms with Gasteiger partial charge in [-0.05, 0) is 4.92 Å². The lowest BCUT2D eigenvalue weighted by Crippen LogP contribution is -2.13. The molecule has 0 atom stereocenters. The van der Waals surface area contributed by atoms with Gasteiger partial charge in [-0.25, -0.2) is 4.79 Å². The molecular formula is C7H11N3O3. The van der Waals surface area contributed by atoms with E-state index >= 15 is 0 Å². The lowest BCUT2D eigenvalue weighted by molar-refractivity contribution is -0.392. The molecule has 0 fully saturated rings. The van der Waals surface area contributed by atoms with E-state index in [1.165, 1.54) is 7.05 Å². The lowest BCUT2D eigenvalue weighted by atomic mass is 10.1. The third-order valence-corrected chi connectivity index (χ3v) is 1.86. The van der Waals surface area contributed by atoms with Crippen LogP contribution in [-0.4, -0.2) is 14.5 Å². The predicted molar refractivity (Wildman–Crippen MR) is 46.8 cm³/mol. The van der Waals surface area contributed by atoms with Gasteiger partial charge in [0.2, 0.25) is 0 Å². The van der Waals surface area contributed by atoms with Crippen molar-refractivity contribution in [1.29, 1.82) is 0 Å². The molecule has 6 nitrogen and oxygen atoms in total. The molecular weight excluding hydrogens is 174 g/mol. The second-order valence-electron chi connectivity index (χ2n) is 3.14. The van der Waals surface area contributed by atoms with Gasteiger partial charge in [-0.15, -0.1) is 0 Å². The number of nitro groups is 1. The molecule has 0 aliphatic carbocycles. The van der Waals surface area contributed by atoms with Crippen molar-refractivity contribution in [3.63, 3.8) is 0 Å². The zero-order valence-corrected chi connectivity index (χ0v) is 7.70. The van der Waals surface area contributed by atoms with Gasteiger partial charge in [0.25, 0.3) is 0 Å². The quantitative estimate of drug-likeness (QED) is 0.545. The fraction of sp³-hybridized carbons (Fsp3) is 0.571. The van der Waals surface area contributed by atoms with E-state index in [0.29, 0.717) is 5.69 Å². The number of H-pyrrole nitrogens is 1. The fourth-order valence-corrected chi connectivity index (χ4v) is 1.16. The summed E-state index contributed by atoms with van der Waals surface area (Å²) in [4.78, 5) is 23.6. The maximum atomic E-state index is 11.1. The van der Waals surface area contributed by atoms with Crippen molar-refractivity contribution in [2.45, 2.75) is 19.8 Å². The normalized spacial score (nSPS) is 10.8. The van der Waals surface area contributed by atoms with E-state index in [4.69, 9.17) is 0 Å². The van der Waals surface area contributed by atoms with E-state index in [1.807, 2.05) is 0 Å². The number of hydrogen-bond donors (Lipinski definition) is 1. The van der Waals surface area contributed by atoms with E-state index in [2.05, 4.69) is 4.98 Å². The van der Waals surface area contributed by atoms with Crippen molar-refractivity contribution in [3.05, 3.63) is 26.3 Å². The number of imidazole rings is 1. The van der Waals surface area contributed by atoms with Gasteiger partial charge in [-0.3, -0.25) is 4.98 Å². The van der Waals surface area contributed by atoms with Crippen LogP contribution in [0.2, 0.25) is 0 Å². The molecule has 0 radical (unpaired) electrons. The summed E-state index contributed by atoms with van der Waals surface area (Å²) in [5.41, 5.74) is -0.0760. The van der Waals surface area contributed by atoms with Crippen LogP contribution in [0.3, 0.4) is 0 Å². The average Bonchev–Trinajstić information content (AvgIpc) is 2.28. The first kappa shape index (κ1) is 9.50. The summed E-state index contributed by atoms with van der Waals surface area (Å²) in [6.45, 7) is 3.58. The van der Waals surface area contributed by atoms with Crippen molar-refractivity contribution in [2.24, 2.45) is 7.05 Å². The van der Waals surface area contributed by atoms with Gasteiger partial charge in [0.1, 0.15) is 5.69 Å². The lowest BCUT2D eigenvalue weighted by Gasteiger charge is -2.01. The SMILES string of the molecule is CC(C)c1[nH]c(=O)n(C)c1[N+](=O)[O-]. The van der Waals surface area contributed by atoms with Gasteiger partial charge in [0.15, 0.2) is 0 Å². The van der Waals surface area contributed by atoms with E-state index < -0.39 is 10.6 Å². The molecule has 13 heavy (non-hydrogen) atoms. The van der Waals surface area contributed by atoms with Crippen LogP contribution < -0.4 is 5.69 Å². The minimum absolute atomic E-state index is 0.0608. The summed E-state index contributed by atoms with van der Waals surface area (Å²) >= 11 is 0. The first-order chi connectivity index (χ1) is 5.95. The Morgan fingerprint density at radius 2 is 2.08 bits per heavy atom. The summed E-state index contributed by atoms with van der Waals surface area (Å²) in [7, 11) is 1.38. The van der Waals surface area contributed by atoms with Crippen LogP contribution in [0.15, 0.2) is 4.79 Å². The van der Waals surface area contributed by atoms with Gasteiger partial charge in [-0.1, -0.05) is 13.8 Å². The number of nitrogens with zero attached hydrogens (tertiary/aromatic N) is 2. The molecule has 72 valence electrons. The van der Waals surface area contributed by atoms with Crippen LogP contribution in [0.1, 0.15) is 25.5 Å². The number of aromatic amines is 1. The summed E-state index contributed by atoms with van der Waals surface area (Å²) < 4.78 is 1.01. The molecule has 1 rings (SSSR count). The highest BCUT2D eigenvalue weighted by Crippen LogP contribution is 2.21. The summed E-state index contributed by atoms with van der Waals surface area (Å²) in [5.74, 6) is -0.214. The highest BCUT2D eigenvalue weighted by atomic mass is 16.6. The number of nitrogens with one attached hydrogen (secondary N) is 1. The molecule has 0 amide bonds. The highest BCUT2D eigenvalue weighted by Gasteiger charge is 2.23. The summed E-state index contributed by atoms with van der Waals surface area (Å²) in [6.07, 6.45) is 0. The Morgan fingerprint density at radius 1 is 1.54 bits per heavy atom. The van der Waals surface area contributed by atoms with E-state index in [1.54, 1.807) is 13.8 Å². The van der Waals surface area contributed by atoms with Crippen LogP contribution in [0, 0.1) is 10.1 Å². The highest BCUT2D eigenvalue weighted by molar-refractivity contribution is 5.29. The van der Waals surface area contributed by atoms with Gasteiger partial charge < -0.3 is 10.1 Å². The molecule has 1 aromatic heterocycles. The summed E-state index contributed by atoms with van der Waals surface area (Å²) in [5, 5.41) is 10.6. The molecule has 0 aliphatic heterocycles. The topological polar surface area (TPSA) is 80.9 Å². The maximum absolute atomic E-state index is 11.1. The Morgan fingerprint density at radius 3 is 2.38 bits per heavy atom. The average molecular weight is 185 g/mol. The monoisotopic (exact) mass is 185 g/mol. The Kier molecular flexibility index (Phi) is 2.22. The first-order valence-electron chi connectivity index (χ1n) is 3.88. The van der Waals surface area contributed by atoms with Gasteiger partial charge >= 0.3 is 11.5 Å². The molecule has 1 N–H and O–H groups in total. The Bertz CT molecular complexity index is 388. The van der Waals surface area contributed by atoms with Crippen LogP contribution in [0.25, 0.3) is 0 Å². The fourth-order valence-electron chi connectivity index (χ4n) is 1.16. The smallest absolute Gasteiger partial charge is 0.358 e. The van der Waals surface area contributed by atoms with Crippen LogP contribution in [-0.2, 0) is 7.05 Å².